The molecule has 2 aliphatic heterocycles. The Morgan fingerprint density at radius 2 is 1.67 bits per heavy atom. The van der Waals surface area contributed by atoms with E-state index in [1.807, 2.05) is 10.9 Å². The Hall–Kier alpha value is -0.980. The van der Waals surface area contributed by atoms with Crippen LogP contribution in [0.15, 0.2) is 6.20 Å². The molecule has 0 amide bonds. The Morgan fingerprint density at radius 3 is 2.25 bits per heavy atom. The molecule has 1 aromatic heterocycles. The lowest BCUT2D eigenvalue weighted by Gasteiger charge is -2.42. The summed E-state index contributed by atoms with van der Waals surface area (Å²) in [7, 11) is 0. The average molecular weight is 335 g/mol. The van der Waals surface area contributed by atoms with Crippen molar-refractivity contribution in [3.8, 4) is 0 Å². The van der Waals surface area contributed by atoms with Crippen LogP contribution in [0.4, 0.5) is 0 Å². The highest BCUT2D eigenvalue weighted by Gasteiger charge is 2.29. The first-order valence-corrected chi connectivity index (χ1v) is 9.60. The minimum atomic E-state index is -0.353. The number of hydrogen-bond acceptors (Lipinski definition) is 5. The highest BCUT2D eigenvalue weighted by atomic mass is 16.3. The molecule has 1 N–H and O–H groups in total. The number of nitrogens with zero attached hydrogens (tertiary/aromatic N) is 5. The first-order chi connectivity index (χ1) is 11.5. The van der Waals surface area contributed by atoms with Gasteiger partial charge in [0.2, 0.25) is 0 Å². The molecule has 2 fully saturated rings. The molecular formula is C18H33N5O. The minimum absolute atomic E-state index is 0.353. The lowest BCUT2D eigenvalue weighted by molar-refractivity contribution is 0.0669. The molecule has 6 nitrogen and oxygen atoms in total. The van der Waals surface area contributed by atoms with E-state index >= 15 is 0 Å². The Balaban J connectivity index is 1.47. The van der Waals surface area contributed by atoms with Crippen molar-refractivity contribution in [3.05, 3.63) is 11.9 Å². The summed E-state index contributed by atoms with van der Waals surface area (Å²) in [5.74, 6) is 0. The van der Waals surface area contributed by atoms with Gasteiger partial charge < -0.3 is 14.9 Å². The van der Waals surface area contributed by atoms with Crippen LogP contribution in [0, 0.1) is 0 Å². The summed E-state index contributed by atoms with van der Waals surface area (Å²) in [6, 6.07) is 1.91. The first-order valence-electron chi connectivity index (χ1n) is 9.60. The molecule has 0 saturated carbocycles. The van der Waals surface area contributed by atoms with E-state index in [2.05, 4.69) is 34.0 Å². The number of rotatable bonds is 5. The summed E-state index contributed by atoms with van der Waals surface area (Å²) >= 11 is 0. The fraction of sp³-hybridized carbons (Fsp3) is 0.889. The molecule has 0 bridgehead atoms. The monoisotopic (exact) mass is 335 g/mol. The largest absolute Gasteiger partial charge is 0.393 e. The number of aliphatic hydroxyl groups is 1. The van der Waals surface area contributed by atoms with Crippen LogP contribution >= 0.6 is 0 Å². The van der Waals surface area contributed by atoms with Crippen LogP contribution in [-0.4, -0.2) is 74.3 Å². The van der Waals surface area contributed by atoms with Crippen LogP contribution in [0.25, 0.3) is 0 Å². The van der Waals surface area contributed by atoms with Crippen LogP contribution in [-0.2, 0) is 6.42 Å². The van der Waals surface area contributed by atoms with Crippen molar-refractivity contribution in [2.24, 2.45) is 0 Å². The second-order valence-electron chi connectivity index (χ2n) is 7.87. The van der Waals surface area contributed by atoms with Gasteiger partial charge in [-0.05, 0) is 59.5 Å². The molecule has 3 rings (SSSR count). The zero-order valence-electron chi connectivity index (χ0n) is 15.4. The average Bonchev–Trinajstić information content (AvgIpc) is 3.03. The number of likely N-dealkylation sites (tertiary alicyclic amines) is 2. The van der Waals surface area contributed by atoms with Gasteiger partial charge in [-0.25, -0.2) is 4.68 Å². The molecule has 3 heterocycles. The van der Waals surface area contributed by atoms with Crippen LogP contribution < -0.4 is 0 Å². The predicted molar refractivity (Wildman–Crippen MR) is 95.0 cm³/mol. The smallest absolute Gasteiger partial charge is 0.0852 e. The van der Waals surface area contributed by atoms with E-state index in [0.29, 0.717) is 18.5 Å². The Labute approximate surface area is 145 Å². The number of piperidine rings is 2. The standard InChI is InChI=1S/C18H33N5O/c1-14(2)21-8-4-17(5-9-21)22-10-6-18(7-11-22)23-13-16(19-20-23)12-15(3)24/h13-15,17-18,24H,4-12H2,1-3H3/t15-/m0/s1. The van der Waals surface area contributed by atoms with Crippen molar-refractivity contribution >= 4 is 0 Å². The predicted octanol–water partition coefficient (Wildman–Crippen LogP) is 1.71. The van der Waals surface area contributed by atoms with Gasteiger partial charge in [-0.2, -0.15) is 0 Å². The summed E-state index contributed by atoms with van der Waals surface area (Å²) in [6.07, 6.45) is 7.19. The minimum Gasteiger partial charge on any atom is -0.393 e. The lowest BCUT2D eigenvalue weighted by Crippen LogP contribution is -2.49. The van der Waals surface area contributed by atoms with Gasteiger partial charge in [0.25, 0.3) is 0 Å². The van der Waals surface area contributed by atoms with Crippen molar-refractivity contribution in [3.63, 3.8) is 0 Å². The quantitative estimate of drug-likeness (QED) is 0.888. The molecule has 0 aliphatic carbocycles. The summed E-state index contributed by atoms with van der Waals surface area (Å²) in [4.78, 5) is 5.30. The summed E-state index contributed by atoms with van der Waals surface area (Å²) in [5.41, 5.74) is 0.897. The lowest BCUT2D eigenvalue weighted by atomic mass is 9.97. The molecule has 24 heavy (non-hydrogen) atoms. The van der Waals surface area contributed by atoms with E-state index in [-0.39, 0.29) is 6.10 Å². The Kier molecular flexibility index (Phi) is 5.89. The van der Waals surface area contributed by atoms with Crippen LogP contribution in [0.5, 0.6) is 0 Å². The number of aromatic nitrogens is 3. The van der Waals surface area contributed by atoms with E-state index in [9.17, 15) is 5.11 Å². The molecule has 1 atom stereocenters. The third-order valence-corrected chi connectivity index (χ3v) is 5.68. The molecule has 6 heteroatoms. The summed E-state index contributed by atoms with van der Waals surface area (Å²) < 4.78 is 2.02. The van der Waals surface area contributed by atoms with Gasteiger partial charge in [0.1, 0.15) is 0 Å². The number of hydrogen-bond donors (Lipinski definition) is 1. The van der Waals surface area contributed by atoms with Crippen molar-refractivity contribution < 1.29 is 5.11 Å². The molecule has 0 spiro atoms. The molecular weight excluding hydrogens is 302 g/mol. The van der Waals surface area contributed by atoms with Crippen LogP contribution in [0.1, 0.15) is 58.2 Å². The third-order valence-electron chi connectivity index (χ3n) is 5.68. The van der Waals surface area contributed by atoms with E-state index in [1.165, 1.54) is 39.0 Å². The fourth-order valence-electron chi connectivity index (χ4n) is 4.17. The molecule has 2 saturated heterocycles. The SMILES string of the molecule is CC(C)N1CCC(N2CCC(n3cc(C[C@H](C)O)nn3)CC2)CC1. The summed E-state index contributed by atoms with van der Waals surface area (Å²) in [6.45, 7) is 11.2. The second-order valence-corrected chi connectivity index (χ2v) is 7.87. The molecule has 2 aliphatic rings. The fourth-order valence-corrected chi connectivity index (χ4v) is 4.17. The van der Waals surface area contributed by atoms with E-state index in [0.717, 1.165) is 24.6 Å². The zero-order chi connectivity index (χ0) is 17.1. The topological polar surface area (TPSA) is 57.4 Å². The zero-order valence-corrected chi connectivity index (χ0v) is 15.4. The van der Waals surface area contributed by atoms with Gasteiger partial charge in [-0.1, -0.05) is 5.21 Å². The maximum absolute atomic E-state index is 9.47. The molecule has 136 valence electrons. The van der Waals surface area contributed by atoms with Crippen molar-refractivity contribution in [2.75, 3.05) is 26.2 Å². The normalized spacial score (nSPS) is 23.9. The van der Waals surface area contributed by atoms with E-state index < -0.39 is 0 Å². The van der Waals surface area contributed by atoms with E-state index in [4.69, 9.17) is 0 Å². The highest BCUT2D eigenvalue weighted by Crippen LogP contribution is 2.26. The molecule has 0 aromatic carbocycles. The Morgan fingerprint density at radius 1 is 1.04 bits per heavy atom. The van der Waals surface area contributed by atoms with Crippen molar-refractivity contribution in [1.82, 2.24) is 24.8 Å². The maximum atomic E-state index is 9.47. The summed E-state index contributed by atoms with van der Waals surface area (Å²) in [5, 5.41) is 18.0. The van der Waals surface area contributed by atoms with E-state index in [1.54, 1.807) is 6.92 Å². The first kappa shape index (κ1) is 17.8. The van der Waals surface area contributed by atoms with Crippen molar-refractivity contribution in [1.29, 1.82) is 0 Å². The van der Waals surface area contributed by atoms with Gasteiger partial charge >= 0.3 is 0 Å². The van der Waals surface area contributed by atoms with Gasteiger partial charge in [0.15, 0.2) is 0 Å². The molecule has 0 unspecified atom stereocenters. The Bertz CT molecular complexity index is 499. The van der Waals surface area contributed by atoms with Gasteiger partial charge in [0, 0.05) is 37.8 Å². The van der Waals surface area contributed by atoms with Crippen molar-refractivity contribution in [2.45, 2.75) is 77.1 Å². The molecule has 1 aromatic rings. The maximum Gasteiger partial charge on any atom is 0.0852 e. The highest BCUT2D eigenvalue weighted by molar-refractivity contribution is 4.96. The van der Waals surface area contributed by atoms with Gasteiger partial charge in [0.05, 0.1) is 17.8 Å². The van der Waals surface area contributed by atoms with Crippen LogP contribution in [0.3, 0.4) is 0 Å². The third kappa shape index (κ3) is 4.35. The number of aliphatic hydroxyl groups excluding tert-OH is 1. The van der Waals surface area contributed by atoms with Gasteiger partial charge in [-0.15, -0.1) is 5.10 Å². The molecule has 0 radical (unpaired) electrons. The second kappa shape index (κ2) is 7.93. The van der Waals surface area contributed by atoms with Crippen LogP contribution in [0.2, 0.25) is 0 Å². The van der Waals surface area contributed by atoms with Gasteiger partial charge in [-0.3, -0.25) is 0 Å².